The average molecular weight is 597 g/mol. The van der Waals surface area contributed by atoms with Crippen LogP contribution in [0, 0.1) is 10.8 Å². The minimum absolute atomic E-state index is 0.254. The fourth-order valence-corrected chi connectivity index (χ4v) is 6.84. The number of hydrogen-bond acceptors (Lipinski definition) is 4. The van der Waals surface area contributed by atoms with Crippen LogP contribution < -0.4 is 0 Å². The lowest BCUT2D eigenvalue weighted by molar-refractivity contribution is -0.177. The third-order valence-corrected chi connectivity index (χ3v) is 9.17. The summed E-state index contributed by atoms with van der Waals surface area (Å²) in [7, 11) is 0. The third-order valence-electron chi connectivity index (χ3n) is 9.17. The summed E-state index contributed by atoms with van der Waals surface area (Å²) >= 11 is 0. The Morgan fingerprint density at radius 2 is 1.16 bits per heavy atom. The number of benzene rings is 4. The number of fused-ring (bicyclic) bond motifs is 6. The SMILES string of the molecule is C=CC1(OC(=O)C(=C)C)c2ccccc2-c2ccc(-c3ccc4c(c3)C(OC(=O)C(C)(C)C)(C(C)(C)C)c3ccccc3-4)cc21. The van der Waals surface area contributed by atoms with Crippen molar-refractivity contribution in [2.45, 2.75) is 59.7 Å². The Bertz CT molecular complexity index is 1910. The number of carbonyl (C=O) groups is 2. The lowest BCUT2D eigenvalue weighted by Crippen LogP contribution is -2.46. The van der Waals surface area contributed by atoms with Crippen LogP contribution in [0.2, 0.25) is 0 Å². The summed E-state index contributed by atoms with van der Waals surface area (Å²) in [5.74, 6) is -0.732. The van der Waals surface area contributed by atoms with Crippen LogP contribution in [-0.4, -0.2) is 11.9 Å². The number of rotatable bonds is 5. The molecule has 2 aliphatic rings. The van der Waals surface area contributed by atoms with E-state index in [4.69, 9.17) is 9.47 Å². The lowest BCUT2D eigenvalue weighted by atomic mass is 9.70. The minimum atomic E-state index is -1.16. The molecule has 6 rings (SSSR count). The predicted octanol–water partition coefficient (Wildman–Crippen LogP) is 9.74. The molecule has 0 fully saturated rings. The number of ether oxygens (including phenoxy) is 2. The van der Waals surface area contributed by atoms with Crippen molar-refractivity contribution in [1.29, 1.82) is 0 Å². The van der Waals surface area contributed by atoms with Gasteiger partial charge in [0.2, 0.25) is 0 Å². The van der Waals surface area contributed by atoms with Crippen molar-refractivity contribution in [3.05, 3.63) is 132 Å². The molecule has 2 atom stereocenters. The molecule has 0 heterocycles. The van der Waals surface area contributed by atoms with Gasteiger partial charge in [-0.1, -0.05) is 107 Å². The Hall–Kier alpha value is -4.70. The van der Waals surface area contributed by atoms with Gasteiger partial charge < -0.3 is 9.47 Å². The van der Waals surface area contributed by atoms with Crippen molar-refractivity contribution in [2.75, 3.05) is 0 Å². The molecule has 0 N–H and O–H groups in total. The van der Waals surface area contributed by atoms with Crippen molar-refractivity contribution < 1.29 is 19.1 Å². The fourth-order valence-electron chi connectivity index (χ4n) is 6.84. The highest BCUT2D eigenvalue weighted by Crippen LogP contribution is 2.59. The summed E-state index contributed by atoms with van der Waals surface area (Å²) in [4.78, 5) is 26.6. The summed E-state index contributed by atoms with van der Waals surface area (Å²) < 4.78 is 12.9. The predicted molar refractivity (Wildman–Crippen MR) is 180 cm³/mol. The second-order valence-corrected chi connectivity index (χ2v) is 14.3. The molecular weight excluding hydrogens is 556 g/mol. The monoisotopic (exact) mass is 596 g/mol. The molecule has 0 bridgehead atoms. The van der Waals surface area contributed by atoms with Gasteiger partial charge in [-0.15, -0.1) is 0 Å². The van der Waals surface area contributed by atoms with E-state index in [-0.39, 0.29) is 5.97 Å². The molecule has 0 spiro atoms. The first-order valence-electron chi connectivity index (χ1n) is 15.4. The van der Waals surface area contributed by atoms with E-state index >= 15 is 0 Å². The van der Waals surface area contributed by atoms with Gasteiger partial charge >= 0.3 is 11.9 Å². The molecule has 2 unspecified atom stereocenters. The molecule has 0 amide bonds. The van der Waals surface area contributed by atoms with Crippen molar-refractivity contribution >= 4 is 11.9 Å². The number of hydrogen-bond donors (Lipinski definition) is 0. The van der Waals surface area contributed by atoms with Gasteiger partial charge in [0.05, 0.1) is 5.41 Å². The average Bonchev–Trinajstić information content (AvgIpc) is 3.44. The van der Waals surface area contributed by atoms with Crippen molar-refractivity contribution in [2.24, 2.45) is 10.8 Å². The fraction of sp³-hybridized carbons (Fsp3) is 0.268. The van der Waals surface area contributed by atoms with E-state index in [1.807, 2.05) is 57.2 Å². The number of carbonyl (C=O) groups excluding carboxylic acids is 2. The molecule has 4 heteroatoms. The largest absolute Gasteiger partial charge is 0.448 e. The summed E-state index contributed by atoms with van der Waals surface area (Å²) in [5, 5.41) is 0. The van der Waals surface area contributed by atoms with E-state index in [1.165, 1.54) is 0 Å². The molecule has 4 nitrogen and oxygen atoms in total. The third kappa shape index (κ3) is 4.41. The maximum Gasteiger partial charge on any atom is 0.334 e. The molecule has 0 radical (unpaired) electrons. The summed E-state index contributed by atoms with van der Waals surface area (Å²) in [6.45, 7) is 21.6. The zero-order valence-electron chi connectivity index (χ0n) is 27.2. The highest BCUT2D eigenvalue weighted by molar-refractivity contribution is 5.91. The number of esters is 2. The van der Waals surface area contributed by atoms with Crippen LogP contribution in [0.15, 0.2) is 110 Å². The van der Waals surface area contributed by atoms with E-state index in [0.717, 1.165) is 55.6 Å². The summed E-state index contributed by atoms with van der Waals surface area (Å²) in [5.41, 5.74) is 6.67. The van der Waals surface area contributed by atoms with Gasteiger partial charge in [-0.2, -0.15) is 0 Å². The molecule has 45 heavy (non-hydrogen) atoms. The Balaban J connectivity index is 1.57. The van der Waals surface area contributed by atoms with E-state index in [2.05, 4.69) is 82.5 Å². The standard InChI is InChI=1S/C41H40O4/c1-10-40(44-36(42)25(2)3)32-17-13-11-15-28(32)30-21-19-26(23-34(30)40)27-20-22-31-29-16-12-14-18-33(29)41(35(31)24-27,39(7,8)9)45-37(43)38(4,5)6/h10-24H,1-2H2,3-9H3. The molecule has 2 aliphatic carbocycles. The molecule has 0 aliphatic heterocycles. The molecule has 0 aromatic heterocycles. The van der Waals surface area contributed by atoms with Gasteiger partial charge in [0.15, 0.2) is 11.2 Å². The van der Waals surface area contributed by atoms with Crippen molar-refractivity contribution in [1.82, 2.24) is 0 Å². The van der Waals surface area contributed by atoms with Gasteiger partial charge in [-0.05, 0) is 79.3 Å². The van der Waals surface area contributed by atoms with E-state index in [0.29, 0.717) is 5.57 Å². The summed E-state index contributed by atoms with van der Waals surface area (Å²) in [6, 6.07) is 28.9. The van der Waals surface area contributed by atoms with E-state index in [9.17, 15) is 9.59 Å². The topological polar surface area (TPSA) is 52.6 Å². The normalized spacial score (nSPS) is 19.5. The first kappa shape index (κ1) is 30.3. The highest BCUT2D eigenvalue weighted by atomic mass is 16.6. The van der Waals surface area contributed by atoms with Crippen molar-refractivity contribution in [3.8, 4) is 33.4 Å². The Labute approximate surface area is 266 Å². The smallest absolute Gasteiger partial charge is 0.334 e. The van der Waals surface area contributed by atoms with Crippen molar-refractivity contribution in [3.63, 3.8) is 0 Å². The van der Waals surface area contributed by atoms with Crippen LogP contribution >= 0.6 is 0 Å². The van der Waals surface area contributed by atoms with Gasteiger partial charge in [-0.25, -0.2) is 4.79 Å². The first-order chi connectivity index (χ1) is 21.2. The van der Waals surface area contributed by atoms with Gasteiger partial charge in [-0.3, -0.25) is 4.79 Å². The van der Waals surface area contributed by atoms with E-state index in [1.54, 1.807) is 13.0 Å². The van der Waals surface area contributed by atoms with Crippen LogP contribution in [-0.2, 0) is 30.3 Å². The van der Waals surface area contributed by atoms with Gasteiger partial charge in [0.1, 0.15) is 0 Å². The Morgan fingerprint density at radius 3 is 1.69 bits per heavy atom. The van der Waals surface area contributed by atoms with Crippen LogP contribution in [0.5, 0.6) is 0 Å². The molecule has 4 aromatic carbocycles. The second kappa shape index (κ2) is 10.2. The summed E-state index contributed by atoms with van der Waals surface area (Å²) in [6.07, 6.45) is 1.71. The Morgan fingerprint density at radius 1 is 0.667 bits per heavy atom. The molecule has 228 valence electrons. The van der Waals surface area contributed by atoms with Crippen LogP contribution in [0.25, 0.3) is 33.4 Å². The zero-order valence-corrected chi connectivity index (χ0v) is 27.2. The van der Waals surface area contributed by atoms with Crippen LogP contribution in [0.1, 0.15) is 70.7 Å². The minimum Gasteiger partial charge on any atom is -0.448 e. The maximum atomic E-state index is 13.6. The highest BCUT2D eigenvalue weighted by Gasteiger charge is 2.55. The van der Waals surface area contributed by atoms with Crippen LogP contribution in [0.4, 0.5) is 0 Å². The zero-order chi connectivity index (χ0) is 32.5. The molecule has 4 aromatic rings. The van der Waals surface area contributed by atoms with Crippen LogP contribution in [0.3, 0.4) is 0 Å². The first-order valence-corrected chi connectivity index (χ1v) is 15.4. The maximum absolute atomic E-state index is 13.6. The van der Waals surface area contributed by atoms with E-state index < -0.39 is 28.0 Å². The molecule has 0 saturated heterocycles. The van der Waals surface area contributed by atoms with Gasteiger partial charge in [0.25, 0.3) is 0 Å². The second-order valence-electron chi connectivity index (χ2n) is 14.3. The quantitative estimate of drug-likeness (QED) is 0.131. The lowest BCUT2D eigenvalue weighted by Gasteiger charge is -2.44. The van der Waals surface area contributed by atoms with Gasteiger partial charge in [0, 0.05) is 33.2 Å². The Kier molecular flexibility index (Phi) is 6.85. The molecule has 0 saturated carbocycles. The molecular formula is C41H40O4.